The molecule has 2 aliphatic rings. The summed E-state index contributed by atoms with van der Waals surface area (Å²) >= 11 is 0. The summed E-state index contributed by atoms with van der Waals surface area (Å²) in [5.41, 5.74) is 0.762. The summed E-state index contributed by atoms with van der Waals surface area (Å²) in [5, 5.41) is 9.42. The summed E-state index contributed by atoms with van der Waals surface area (Å²) in [6.07, 6.45) is 3.38. The molecule has 2 fully saturated rings. The molecule has 0 aliphatic carbocycles. The number of rotatable bonds is 10. The molecule has 1 spiro atoms. The predicted octanol–water partition coefficient (Wildman–Crippen LogP) is 2.08. The van der Waals surface area contributed by atoms with Gasteiger partial charge in [0.15, 0.2) is 0 Å². The molecule has 1 aromatic carbocycles. The van der Waals surface area contributed by atoms with Crippen molar-refractivity contribution in [1.29, 1.82) is 0 Å². The Hall–Kier alpha value is -3.40. The summed E-state index contributed by atoms with van der Waals surface area (Å²) in [4.78, 5) is 53.9. The molecule has 10 heteroatoms. The van der Waals surface area contributed by atoms with Crippen molar-refractivity contribution in [1.82, 2.24) is 20.9 Å². The zero-order chi connectivity index (χ0) is 26.6. The standard InChI is InChI=1S/C27H36N4O6/c1-16(2)11-21(30-26(35)22-13-19-20(29-22)5-4-6-23(19)36-3)25(34)28-18(15-32)12-17-14-27(31-24(17)33)7-9-37-10-8-27/h4-6,13,15-18,21,29H,7-12,14H2,1-3H3,(H,28,34)(H,30,35)(H,31,33)/t17?,18?,21-/m0/s1. The highest BCUT2D eigenvalue weighted by Gasteiger charge is 2.45. The van der Waals surface area contributed by atoms with Gasteiger partial charge in [-0.05, 0) is 56.2 Å². The SMILES string of the molecule is COc1cccc2[nH]c(C(=O)N[C@@H](CC(C)C)C(=O)NC(C=O)CC3CC4(CCOCC4)NC3=O)cc12. The molecule has 3 heterocycles. The zero-order valence-electron chi connectivity index (χ0n) is 21.6. The lowest BCUT2D eigenvalue weighted by Crippen LogP contribution is -2.51. The van der Waals surface area contributed by atoms with Crippen LogP contribution < -0.4 is 20.7 Å². The van der Waals surface area contributed by atoms with E-state index >= 15 is 0 Å². The Morgan fingerprint density at radius 3 is 2.68 bits per heavy atom. The molecule has 3 atom stereocenters. The van der Waals surface area contributed by atoms with Crippen molar-refractivity contribution < 1.29 is 28.7 Å². The minimum absolute atomic E-state index is 0.0933. The van der Waals surface area contributed by atoms with Gasteiger partial charge in [-0.1, -0.05) is 19.9 Å². The number of aromatic amines is 1. The predicted molar refractivity (Wildman–Crippen MR) is 137 cm³/mol. The van der Waals surface area contributed by atoms with E-state index in [1.54, 1.807) is 19.2 Å². The highest BCUT2D eigenvalue weighted by atomic mass is 16.5. The van der Waals surface area contributed by atoms with Crippen LogP contribution in [0.2, 0.25) is 0 Å². The van der Waals surface area contributed by atoms with E-state index in [1.807, 2.05) is 26.0 Å². The third kappa shape index (κ3) is 6.12. The fraction of sp³-hybridized carbons (Fsp3) is 0.556. The molecule has 3 amide bonds. The minimum atomic E-state index is -0.845. The zero-order valence-corrected chi connectivity index (χ0v) is 21.6. The van der Waals surface area contributed by atoms with Gasteiger partial charge in [0, 0.05) is 35.6 Å². The molecule has 2 unspecified atom stereocenters. The van der Waals surface area contributed by atoms with Crippen molar-refractivity contribution in [3.8, 4) is 5.75 Å². The Kier molecular flexibility index (Phi) is 8.16. The summed E-state index contributed by atoms with van der Waals surface area (Å²) in [6, 6.07) is 5.48. The third-order valence-electron chi connectivity index (χ3n) is 7.29. The van der Waals surface area contributed by atoms with Gasteiger partial charge in [0.05, 0.1) is 13.2 Å². The molecular weight excluding hydrogens is 476 g/mol. The Morgan fingerprint density at radius 2 is 2.00 bits per heavy atom. The molecule has 0 radical (unpaired) electrons. The fourth-order valence-corrected chi connectivity index (χ4v) is 5.37. The van der Waals surface area contributed by atoms with Gasteiger partial charge in [0.1, 0.15) is 23.8 Å². The summed E-state index contributed by atoms with van der Waals surface area (Å²) in [5.74, 6) is -0.596. The number of ether oxygens (including phenoxy) is 2. The number of aldehydes is 1. The van der Waals surface area contributed by atoms with Crippen LogP contribution in [0.4, 0.5) is 0 Å². The molecule has 2 saturated heterocycles. The van der Waals surface area contributed by atoms with Crippen molar-refractivity contribution in [2.45, 2.75) is 63.6 Å². The van der Waals surface area contributed by atoms with E-state index in [0.29, 0.717) is 43.8 Å². The van der Waals surface area contributed by atoms with Gasteiger partial charge in [-0.2, -0.15) is 0 Å². The summed E-state index contributed by atoms with van der Waals surface area (Å²) < 4.78 is 10.8. The second-order valence-electron chi connectivity index (χ2n) is 10.5. The van der Waals surface area contributed by atoms with Gasteiger partial charge >= 0.3 is 0 Å². The first-order chi connectivity index (χ1) is 17.7. The number of H-pyrrole nitrogens is 1. The normalized spacial score (nSPS) is 20.4. The lowest BCUT2D eigenvalue weighted by molar-refractivity contribution is -0.127. The monoisotopic (exact) mass is 512 g/mol. The van der Waals surface area contributed by atoms with E-state index in [2.05, 4.69) is 20.9 Å². The van der Waals surface area contributed by atoms with E-state index in [-0.39, 0.29) is 29.7 Å². The number of methoxy groups -OCH3 is 1. The average molecular weight is 513 g/mol. The van der Waals surface area contributed by atoms with Gasteiger partial charge in [0.25, 0.3) is 5.91 Å². The molecule has 37 heavy (non-hydrogen) atoms. The molecule has 2 aromatic rings. The first-order valence-corrected chi connectivity index (χ1v) is 12.9. The van der Waals surface area contributed by atoms with Crippen molar-refractivity contribution in [3.63, 3.8) is 0 Å². The summed E-state index contributed by atoms with van der Waals surface area (Å²) in [6.45, 7) is 5.10. The van der Waals surface area contributed by atoms with Gasteiger partial charge in [-0.25, -0.2) is 0 Å². The second-order valence-corrected chi connectivity index (χ2v) is 10.5. The largest absolute Gasteiger partial charge is 0.496 e. The van der Waals surface area contributed by atoms with Crippen LogP contribution in [0.15, 0.2) is 24.3 Å². The molecule has 200 valence electrons. The van der Waals surface area contributed by atoms with E-state index in [4.69, 9.17) is 9.47 Å². The molecule has 10 nitrogen and oxygen atoms in total. The van der Waals surface area contributed by atoms with Crippen LogP contribution in [0.5, 0.6) is 5.75 Å². The Morgan fingerprint density at radius 1 is 1.24 bits per heavy atom. The van der Waals surface area contributed by atoms with Crippen LogP contribution in [0, 0.1) is 11.8 Å². The lowest BCUT2D eigenvalue weighted by atomic mass is 9.84. The number of carbonyl (C=O) groups excluding carboxylic acids is 4. The molecule has 0 saturated carbocycles. The van der Waals surface area contributed by atoms with Crippen LogP contribution in [-0.2, 0) is 19.1 Å². The van der Waals surface area contributed by atoms with Crippen LogP contribution in [0.1, 0.15) is 56.4 Å². The molecule has 2 aliphatic heterocycles. The maximum atomic E-state index is 13.2. The molecule has 0 bridgehead atoms. The van der Waals surface area contributed by atoms with Gasteiger partial charge in [0.2, 0.25) is 11.8 Å². The van der Waals surface area contributed by atoms with E-state index < -0.39 is 23.9 Å². The minimum Gasteiger partial charge on any atom is -0.496 e. The summed E-state index contributed by atoms with van der Waals surface area (Å²) in [7, 11) is 1.56. The van der Waals surface area contributed by atoms with Gasteiger partial charge in [-0.3, -0.25) is 14.4 Å². The number of amides is 3. The molecule has 4 rings (SSSR count). The lowest BCUT2D eigenvalue weighted by Gasteiger charge is -2.33. The number of carbonyl (C=O) groups is 4. The van der Waals surface area contributed by atoms with Crippen LogP contribution in [0.3, 0.4) is 0 Å². The smallest absolute Gasteiger partial charge is 0.268 e. The Bertz CT molecular complexity index is 1150. The number of benzene rings is 1. The van der Waals surface area contributed by atoms with Crippen LogP contribution in [0.25, 0.3) is 10.9 Å². The first-order valence-electron chi connectivity index (χ1n) is 12.9. The highest BCUT2D eigenvalue weighted by Crippen LogP contribution is 2.35. The topological polar surface area (TPSA) is 139 Å². The number of hydrogen-bond acceptors (Lipinski definition) is 6. The maximum absolute atomic E-state index is 13.2. The van der Waals surface area contributed by atoms with E-state index in [0.717, 1.165) is 23.7 Å². The molecule has 4 N–H and O–H groups in total. The van der Waals surface area contributed by atoms with E-state index in [1.165, 1.54) is 0 Å². The highest BCUT2D eigenvalue weighted by molar-refractivity contribution is 6.01. The van der Waals surface area contributed by atoms with Gasteiger partial charge in [-0.15, -0.1) is 0 Å². The van der Waals surface area contributed by atoms with Crippen molar-refractivity contribution in [2.24, 2.45) is 11.8 Å². The average Bonchev–Trinajstić information content (AvgIpc) is 3.44. The maximum Gasteiger partial charge on any atom is 0.268 e. The molecule has 1 aromatic heterocycles. The number of hydrogen-bond donors (Lipinski definition) is 4. The third-order valence-corrected chi connectivity index (χ3v) is 7.29. The number of fused-ring (bicyclic) bond motifs is 1. The fourth-order valence-electron chi connectivity index (χ4n) is 5.37. The Balaban J connectivity index is 1.41. The van der Waals surface area contributed by atoms with E-state index in [9.17, 15) is 19.2 Å². The number of nitrogens with one attached hydrogen (secondary N) is 4. The number of aromatic nitrogens is 1. The quantitative estimate of drug-likeness (QED) is 0.360. The van der Waals surface area contributed by atoms with Crippen molar-refractivity contribution in [2.75, 3.05) is 20.3 Å². The van der Waals surface area contributed by atoms with Crippen molar-refractivity contribution >= 4 is 34.9 Å². The first kappa shape index (κ1) is 26.7. The second kappa shape index (κ2) is 11.3. The van der Waals surface area contributed by atoms with Crippen LogP contribution >= 0.6 is 0 Å². The Labute approximate surface area is 216 Å². The van der Waals surface area contributed by atoms with Crippen LogP contribution in [-0.4, -0.2) is 66.9 Å². The van der Waals surface area contributed by atoms with Crippen molar-refractivity contribution in [3.05, 3.63) is 30.0 Å². The van der Waals surface area contributed by atoms with Gasteiger partial charge < -0.3 is 35.2 Å². The molecular formula is C27H36N4O6.